The maximum Gasteiger partial charge on any atom is 0.350 e. The summed E-state index contributed by atoms with van der Waals surface area (Å²) in [5.41, 5.74) is 0.116. The van der Waals surface area contributed by atoms with E-state index in [1.54, 1.807) is 11.0 Å². The molecule has 1 aromatic carbocycles. The van der Waals surface area contributed by atoms with Crippen molar-refractivity contribution in [3.63, 3.8) is 0 Å². The lowest BCUT2D eigenvalue weighted by Crippen LogP contribution is -2.64. The minimum Gasteiger partial charge on any atom is -0.369 e. The summed E-state index contributed by atoms with van der Waals surface area (Å²) in [5, 5.41) is 3.75. The number of amides is 2. The maximum absolute atomic E-state index is 14.1. The summed E-state index contributed by atoms with van der Waals surface area (Å²) in [5.74, 6) is 1.34. The van der Waals surface area contributed by atoms with E-state index in [9.17, 15) is 9.18 Å². The second-order valence-electron chi connectivity index (χ2n) is 11.4. The Morgan fingerprint density at radius 1 is 1.24 bits per heavy atom. The van der Waals surface area contributed by atoms with E-state index in [0.717, 1.165) is 44.1 Å². The fourth-order valence-electron chi connectivity index (χ4n) is 6.40. The number of hydrogen-bond acceptors (Lipinski definition) is 3. The number of benzene rings is 1. The largest absolute Gasteiger partial charge is 0.369 e. The van der Waals surface area contributed by atoms with Crippen molar-refractivity contribution >= 4 is 50.4 Å². The van der Waals surface area contributed by atoms with Gasteiger partial charge in [-0.15, -0.1) is 24.8 Å². The first-order chi connectivity index (χ1) is 15.3. The van der Waals surface area contributed by atoms with Gasteiger partial charge in [0.1, 0.15) is 17.2 Å². The molecule has 5 rings (SSSR count). The van der Waals surface area contributed by atoms with Gasteiger partial charge in [-0.2, -0.15) is 4.99 Å². The van der Waals surface area contributed by atoms with Gasteiger partial charge in [0, 0.05) is 38.9 Å². The fraction of sp³-hybridized carbons (Fsp3) is 0.680. The SMILES string of the molecule is C[C@H]1C[C@]2(CCN1CC1CCC1)C(N[C@@H]1CC[Si](C)(C)C1)=NC(=O)N2c1cccc(F)c1.Cl.Cl. The zero-order valence-electron chi connectivity index (χ0n) is 20.6. The molecule has 0 aromatic heterocycles. The van der Waals surface area contributed by atoms with E-state index in [0.29, 0.717) is 17.8 Å². The molecular formula is C25H39Cl2FN4OSi. The molecule has 0 bridgehead atoms. The van der Waals surface area contributed by atoms with Crippen LogP contribution in [0.2, 0.25) is 25.2 Å². The van der Waals surface area contributed by atoms with Gasteiger partial charge in [-0.1, -0.05) is 31.6 Å². The van der Waals surface area contributed by atoms with Crippen LogP contribution in [0.4, 0.5) is 14.9 Å². The summed E-state index contributed by atoms with van der Waals surface area (Å²) < 4.78 is 14.1. The summed E-state index contributed by atoms with van der Waals surface area (Å²) in [7, 11) is -1.16. The summed E-state index contributed by atoms with van der Waals surface area (Å²) >= 11 is 0. The highest BCUT2D eigenvalue weighted by Gasteiger charge is 2.54. The van der Waals surface area contributed by atoms with Crippen molar-refractivity contribution in [2.24, 2.45) is 10.9 Å². The molecule has 1 saturated carbocycles. The van der Waals surface area contributed by atoms with E-state index in [4.69, 9.17) is 0 Å². The second kappa shape index (κ2) is 10.5. The third kappa shape index (κ3) is 5.18. The van der Waals surface area contributed by atoms with Gasteiger partial charge >= 0.3 is 6.03 Å². The second-order valence-corrected chi connectivity index (χ2v) is 16.7. The van der Waals surface area contributed by atoms with Gasteiger partial charge in [0.25, 0.3) is 0 Å². The van der Waals surface area contributed by atoms with Crippen LogP contribution in [0.25, 0.3) is 0 Å². The number of amidine groups is 1. The molecule has 1 aromatic rings. The fourth-order valence-corrected chi connectivity index (χ4v) is 9.37. The smallest absolute Gasteiger partial charge is 0.350 e. The van der Waals surface area contributed by atoms with Gasteiger partial charge in [0.05, 0.1) is 0 Å². The van der Waals surface area contributed by atoms with Crippen LogP contribution in [0.1, 0.15) is 45.4 Å². The quantitative estimate of drug-likeness (QED) is 0.480. The van der Waals surface area contributed by atoms with Crippen LogP contribution in [0.3, 0.4) is 0 Å². The zero-order chi connectivity index (χ0) is 22.5. The van der Waals surface area contributed by atoms with Crippen LogP contribution in [0.5, 0.6) is 0 Å². The lowest BCUT2D eigenvalue weighted by molar-refractivity contribution is 0.0899. The van der Waals surface area contributed by atoms with Gasteiger partial charge in [0.15, 0.2) is 0 Å². The van der Waals surface area contributed by atoms with E-state index in [1.165, 1.54) is 43.5 Å². The summed E-state index contributed by atoms with van der Waals surface area (Å²) in [6.45, 7) is 9.30. The molecule has 3 fully saturated rings. The topological polar surface area (TPSA) is 47.9 Å². The maximum atomic E-state index is 14.1. The van der Waals surface area contributed by atoms with Crippen molar-refractivity contribution in [2.45, 2.75) is 88.3 Å². The third-order valence-corrected chi connectivity index (χ3v) is 11.7. The van der Waals surface area contributed by atoms with Crippen molar-refractivity contribution in [1.29, 1.82) is 0 Å². The van der Waals surface area contributed by atoms with Crippen LogP contribution in [-0.2, 0) is 0 Å². The summed E-state index contributed by atoms with van der Waals surface area (Å²) in [6, 6.07) is 9.49. The van der Waals surface area contributed by atoms with Crippen LogP contribution in [0, 0.1) is 11.7 Å². The van der Waals surface area contributed by atoms with Crippen molar-refractivity contribution in [3.8, 4) is 0 Å². The summed E-state index contributed by atoms with van der Waals surface area (Å²) in [4.78, 5) is 22.2. The Labute approximate surface area is 216 Å². The van der Waals surface area contributed by atoms with Gasteiger partial charge in [0.2, 0.25) is 0 Å². The number of urea groups is 1. The van der Waals surface area contributed by atoms with Crippen molar-refractivity contribution in [1.82, 2.24) is 10.2 Å². The molecule has 0 radical (unpaired) electrons. The predicted molar refractivity (Wildman–Crippen MR) is 145 cm³/mol. The molecule has 1 spiro atoms. The first kappa shape index (κ1) is 27.4. The number of aliphatic imine (C=N–C) groups is 1. The van der Waals surface area contributed by atoms with Gasteiger partial charge in [-0.25, -0.2) is 9.18 Å². The Balaban J connectivity index is 0.00000162. The van der Waals surface area contributed by atoms with E-state index in [-0.39, 0.29) is 36.7 Å². The van der Waals surface area contributed by atoms with Gasteiger partial charge in [-0.05, 0) is 69.2 Å². The average Bonchev–Trinajstić information content (AvgIpc) is 3.16. The number of nitrogens with one attached hydrogen (secondary N) is 1. The third-order valence-electron chi connectivity index (χ3n) is 8.43. The number of nitrogens with zero attached hydrogens (tertiary/aromatic N) is 3. The highest BCUT2D eigenvalue weighted by Crippen LogP contribution is 2.42. The first-order valence-electron chi connectivity index (χ1n) is 12.5. The lowest BCUT2D eigenvalue weighted by Gasteiger charge is -2.49. The number of hydrogen-bond donors (Lipinski definition) is 1. The van der Waals surface area contributed by atoms with Crippen molar-refractivity contribution < 1.29 is 9.18 Å². The summed E-state index contributed by atoms with van der Waals surface area (Å²) in [6.07, 6.45) is 6.88. The molecular weight excluding hydrogens is 490 g/mol. The highest BCUT2D eigenvalue weighted by molar-refractivity contribution is 6.78. The lowest BCUT2D eigenvalue weighted by atomic mass is 9.79. The molecule has 3 atom stereocenters. The number of rotatable bonds is 4. The molecule has 2 saturated heterocycles. The minimum absolute atomic E-state index is 0. The normalized spacial score (nSPS) is 31.0. The van der Waals surface area contributed by atoms with Crippen LogP contribution < -0.4 is 10.2 Å². The molecule has 0 unspecified atom stereocenters. The Morgan fingerprint density at radius 3 is 2.59 bits per heavy atom. The molecule has 3 aliphatic heterocycles. The predicted octanol–water partition coefficient (Wildman–Crippen LogP) is 6.10. The molecule has 2 amide bonds. The number of halogens is 3. The zero-order valence-corrected chi connectivity index (χ0v) is 23.2. The van der Waals surface area contributed by atoms with Crippen LogP contribution in [0.15, 0.2) is 29.3 Å². The Morgan fingerprint density at radius 2 is 2.00 bits per heavy atom. The minimum atomic E-state index is -1.16. The number of likely N-dealkylation sites (tertiary alicyclic amines) is 1. The van der Waals surface area contributed by atoms with Crippen molar-refractivity contribution in [3.05, 3.63) is 30.1 Å². The molecule has 34 heavy (non-hydrogen) atoms. The number of carbonyl (C=O) groups excluding carboxylic acids is 1. The Kier molecular flexibility index (Phi) is 8.43. The van der Waals surface area contributed by atoms with Crippen molar-refractivity contribution in [2.75, 3.05) is 18.0 Å². The van der Waals surface area contributed by atoms with Gasteiger partial charge < -0.3 is 10.2 Å². The molecule has 5 nitrogen and oxygen atoms in total. The molecule has 190 valence electrons. The molecule has 1 aliphatic carbocycles. The Bertz CT molecular complexity index is 928. The highest BCUT2D eigenvalue weighted by atomic mass is 35.5. The molecule has 4 aliphatic rings. The van der Waals surface area contributed by atoms with E-state index < -0.39 is 13.6 Å². The average molecular weight is 530 g/mol. The van der Waals surface area contributed by atoms with Crippen LogP contribution in [-0.4, -0.2) is 55.6 Å². The molecule has 9 heteroatoms. The molecule has 1 N–H and O–H groups in total. The van der Waals surface area contributed by atoms with E-state index >= 15 is 0 Å². The van der Waals surface area contributed by atoms with Gasteiger partial charge in [-0.3, -0.25) is 4.90 Å². The number of carbonyl (C=O) groups is 1. The van der Waals surface area contributed by atoms with E-state index in [1.807, 2.05) is 6.07 Å². The Hall–Kier alpha value is -1.15. The molecule has 3 heterocycles. The number of piperidine rings is 1. The van der Waals surface area contributed by atoms with Crippen LogP contribution >= 0.6 is 24.8 Å². The van der Waals surface area contributed by atoms with E-state index in [2.05, 4.69) is 35.2 Å². The first-order valence-corrected chi connectivity index (χ1v) is 15.9. The monoisotopic (exact) mass is 528 g/mol. The number of anilines is 1. The standard InChI is InChI=1S/C25H37FN4OSi.2ClH/c1-18-15-25(11-12-29(18)16-19-6-4-7-19)23(27-21-10-13-32(2,3)17-21)28-24(31)30(25)22-9-5-8-20(26)14-22;;/h5,8-9,14,18-19,21H,4,6-7,10-13,15-17H2,1-3H3,(H,27,28,31);2*1H/t18-,21+,25+;;/m0../s1.